The van der Waals surface area contributed by atoms with Crippen LogP contribution in [0.15, 0.2) is 22.7 Å². The summed E-state index contributed by atoms with van der Waals surface area (Å²) in [7, 11) is 0. The van der Waals surface area contributed by atoms with Crippen LogP contribution in [-0.4, -0.2) is 30.6 Å². The fourth-order valence-electron chi connectivity index (χ4n) is 2.86. The third-order valence-electron chi connectivity index (χ3n) is 3.69. The van der Waals surface area contributed by atoms with E-state index in [4.69, 9.17) is 0 Å². The van der Waals surface area contributed by atoms with Crippen LogP contribution in [-0.2, 0) is 6.54 Å². The van der Waals surface area contributed by atoms with Gasteiger partial charge in [0.25, 0.3) is 0 Å². The van der Waals surface area contributed by atoms with E-state index in [-0.39, 0.29) is 5.82 Å². The SMILES string of the molecule is CC(C)CN(Cc1cccc(F)c1Br)CC1CCCN1. The summed E-state index contributed by atoms with van der Waals surface area (Å²) in [6.07, 6.45) is 2.52. The standard InChI is InChI=1S/C16H24BrFN2/c1-12(2)9-20(11-14-6-4-8-19-14)10-13-5-3-7-15(18)16(13)17/h3,5,7,12,14,19H,4,6,8-11H2,1-2H3. The minimum Gasteiger partial charge on any atom is -0.313 e. The van der Waals surface area contributed by atoms with Crippen molar-refractivity contribution in [1.29, 1.82) is 0 Å². The van der Waals surface area contributed by atoms with Crippen LogP contribution >= 0.6 is 15.9 Å². The number of rotatable bonds is 6. The zero-order valence-corrected chi connectivity index (χ0v) is 13.9. The third kappa shape index (κ3) is 4.54. The number of hydrogen-bond donors (Lipinski definition) is 1. The van der Waals surface area contributed by atoms with Crippen LogP contribution in [0.1, 0.15) is 32.3 Å². The molecular formula is C16H24BrFN2. The lowest BCUT2D eigenvalue weighted by molar-refractivity contribution is 0.215. The molecule has 1 saturated heterocycles. The Hall–Kier alpha value is -0.450. The van der Waals surface area contributed by atoms with E-state index >= 15 is 0 Å². The smallest absolute Gasteiger partial charge is 0.137 e. The molecule has 4 heteroatoms. The lowest BCUT2D eigenvalue weighted by Gasteiger charge is -2.27. The molecule has 2 nitrogen and oxygen atoms in total. The fraction of sp³-hybridized carbons (Fsp3) is 0.625. The molecule has 0 aliphatic carbocycles. The Bertz CT molecular complexity index is 430. The van der Waals surface area contributed by atoms with Crippen molar-refractivity contribution in [3.63, 3.8) is 0 Å². The largest absolute Gasteiger partial charge is 0.313 e. The highest BCUT2D eigenvalue weighted by Crippen LogP contribution is 2.22. The van der Waals surface area contributed by atoms with Gasteiger partial charge in [0.05, 0.1) is 4.47 Å². The third-order valence-corrected chi connectivity index (χ3v) is 4.58. The van der Waals surface area contributed by atoms with Gasteiger partial charge in [0, 0.05) is 25.7 Å². The summed E-state index contributed by atoms with van der Waals surface area (Å²) >= 11 is 3.37. The lowest BCUT2D eigenvalue weighted by atomic mass is 10.1. The number of halogens is 2. The second-order valence-electron chi connectivity index (χ2n) is 6.09. The summed E-state index contributed by atoms with van der Waals surface area (Å²) in [4.78, 5) is 2.44. The zero-order chi connectivity index (χ0) is 14.5. The van der Waals surface area contributed by atoms with Gasteiger partial charge in [0.1, 0.15) is 5.82 Å². The van der Waals surface area contributed by atoms with Crippen molar-refractivity contribution >= 4 is 15.9 Å². The maximum Gasteiger partial charge on any atom is 0.137 e. The fourth-order valence-corrected chi connectivity index (χ4v) is 3.25. The Kier molecular flexibility index (Phi) is 6.00. The van der Waals surface area contributed by atoms with E-state index in [1.54, 1.807) is 6.07 Å². The van der Waals surface area contributed by atoms with Crippen molar-refractivity contribution in [2.24, 2.45) is 5.92 Å². The first-order chi connectivity index (χ1) is 9.56. The van der Waals surface area contributed by atoms with Crippen LogP contribution in [0.25, 0.3) is 0 Å². The molecule has 0 bridgehead atoms. The van der Waals surface area contributed by atoms with Crippen LogP contribution < -0.4 is 5.32 Å². The summed E-state index contributed by atoms with van der Waals surface area (Å²) in [5.74, 6) is 0.440. The molecule has 0 aromatic heterocycles. The second-order valence-corrected chi connectivity index (χ2v) is 6.89. The molecule has 112 valence electrons. The maximum absolute atomic E-state index is 13.6. The van der Waals surface area contributed by atoms with Crippen molar-refractivity contribution in [2.75, 3.05) is 19.6 Å². The summed E-state index contributed by atoms with van der Waals surface area (Å²) in [6, 6.07) is 5.87. The van der Waals surface area contributed by atoms with Crippen molar-refractivity contribution in [1.82, 2.24) is 10.2 Å². The summed E-state index contributed by atoms with van der Waals surface area (Å²) in [5, 5.41) is 3.54. The molecule has 2 rings (SSSR count). The van der Waals surface area contributed by atoms with Gasteiger partial charge in [-0.2, -0.15) is 0 Å². The van der Waals surface area contributed by atoms with E-state index in [0.29, 0.717) is 16.4 Å². The van der Waals surface area contributed by atoms with Crippen molar-refractivity contribution < 1.29 is 4.39 Å². The molecule has 0 amide bonds. The Morgan fingerprint density at radius 2 is 2.25 bits per heavy atom. The molecule has 1 aliphatic rings. The number of nitrogens with one attached hydrogen (secondary N) is 1. The van der Waals surface area contributed by atoms with Crippen LogP contribution in [0, 0.1) is 11.7 Å². The van der Waals surface area contributed by atoms with E-state index in [1.165, 1.54) is 18.9 Å². The summed E-state index contributed by atoms with van der Waals surface area (Å²) in [5.41, 5.74) is 1.03. The highest BCUT2D eigenvalue weighted by molar-refractivity contribution is 9.10. The zero-order valence-electron chi connectivity index (χ0n) is 12.3. The molecule has 1 aromatic carbocycles. The van der Waals surface area contributed by atoms with Crippen molar-refractivity contribution in [3.05, 3.63) is 34.1 Å². The molecule has 1 aromatic rings. The summed E-state index contributed by atoms with van der Waals surface area (Å²) in [6.45, 7) is 8.48. The molecule has 1 N–H and O–H groups in total. The quantitative estimate of drug-likeness (QED) is 0.845. The molecule has 1 aliphatic heterocycles. The first kappa shape index (κ1) is 15.9. The molecule has 1 atom stereocenters. The Morgan fingerprint density at radius 1 is 1.45 bits per heavy atom. The Balaban J connectivity index is 2.03. The van der Waals surface area contributed by atoms with Crippen LogP contribution in [0.5, 0.6) is 0 Å². The van der Waals surface area contributed by atoms with E-state index in [9.17, 15) is 4.39 Å². The Morgan fingerprint density at radius 3 is 2.90 bits per heavy atom. The minimum absolute atomic E-state index is 0.175. The summed E-state index contributed by atoms with van der Waals surface area (Å²) < 4.78 is 14.2. The van der Waals surface area contributed by atoms with E-state index in [2.05, 4.69) is 40.0 Å². The van der Waals surface area contributed by atoms with Gasteiger partial charge >= 0.3 is 0 Å². The van der Waals surface area contributed by atoms with Gasteiger partial charge in [-0.1, -0.05) is 26.0 Å². The average molecular weight is 343 g/mol. The van der Waals surface area contributed by atoms with Gasteiger partial charge in [-0.25, -0.2) is 4.39 Å². The molecule has 0 saturated carbocycles. The topological polar surface area (TPSA) is 15.3 Å². The minimum atomic E-state index is -0.175. The first-order valence-electron chi connectivity index (χ1n) is 7.45. The van der Waals surface area contributed by atoms with Gasteiger partial charge in [0.2, 0.25) is 0 Å². The van der Waals surface area contributed by atoms with Crippen LogP contribution in [0.2, 0.25) is 0 Å². The van der Waals surface area contributed by atoms with E-state index < -0.39 is 0 Å². The van der Waals surface area contributed by atoms with Crippen LogP contribution in [0.4, 0.5) is 4.39 Å². The molecule has 1 unspecified atom stereocenters. The highest BCUT2D eigenvalue weighted by atomic mass is 79.9. The van der Waals surface area contributed by atoms with Crippen LogP contribution in [0.3, 0.4) is 0 Å². The molecule has 0 radical (unpaired) electrons. The van der Waals surface area contributed by atoms with E-state index in [0.717, 1.165) is 31.7 Å². The van der Waals surface area contributed by atoms with E-state index in [1.807, 2.05) is 6.07 Å². The molecule has 0 spiro atoms. The van der Waals surface area contributed by atoms with Crippen molar-refractivity contribution in [2.45, 2.75) is 39.3 Å². The predicted molar refractivity (Wildman–Crippen MR) is 85.2 cm³/mol. The van der Waals surface area contributed by atoms with Gasteiger partial charge in [0.15, 0.2) is 0 Å². The maximum atomic E-state index is 13.6. The van der Waals surface area contributed by atoms with Gasteiger partial charge < -0.3 is 5.32 Å². The predicted octanol–water partition coefficient (Wildman–Crippen LogP) is 3.80. The number of hydrogen-bond acceptors (Lipinski definition) is 2. The number of benzene rings is 1. The first-order valence-corrected chi connectivity index (χ1v) is 8.24. The van der Waals surface area contributed by atoms with Gasteiger partial charge in [-0.05, 0) is 52.9 Å². The Labute approximate surface area is 129 Å². The highest BCUT2D eigenvalue weighted by Gasteiger charge is 2.19. The monoisotopic (exact) mass is 342 g/mol. The molecular weight excluding hydrogens is 319 g/mol. The van der Waals surface area contributed by atoms with Gasteiger partial charge in [-0.3, -0.25) is 4.90 Å². The average Bonchev–Trinajstić information content (AvgIpc) is 2.87. The molecule has 1 fully saturated rings. The van der Waals surface area contributed by atoms with Crippen molar-refractivity contribution in [3.8, 4) is 0 Å². The van der Waals surface area contributed by atoms with Gasteiger partial charge in [-0.15, -0.1) is 0 Å². The number of nitrogens with zero attached hydrogens (tertiary/aromatic N) is 1. The lowest BCUT2D eigenvalue weighted by Crippen LogP contribution is -2.39. The molecule has 1 heterocycles. The molecule has 20 heavy (non-hydrogen) atoms. The second kappa shape index (κ2) is 7.53. The normalized spacial score (nSPS) is 19.2.